The summed E-state index contributed by atoms with van der Waals surface area (Å²) in [5.41, 5.74) is 0. The van der Waals surface area contributed by atoms with E-state index in [0.717, 1.165) is 26.2 Å². The Kier molecular flexibility index (Phi) is 11.2. The van der Waals surface area contributed by atoms with Crippen LogP contribution < -0.4 is 5.32 Å². The molecule has 0 aliphatic heterocycles. The second-order valence-corrected chi connectivity index (χ2v) is 3.09. The number of hydrogen-bond donors (Lipinski definition) is 1. The fraction of sp³-hybridized carbons (Fsp3) is 1.00. The van der Waals surface area contributed by atoms with E-state index in [2.05, 4.69) is 22.5 Å². The summed E-state index contributed by atoms with van der Waals surface area (Å²) in [5.74, 6) is 0. The minimum absolute atomic E-state index is 0.820. The molecule has 1 N–H and O–H groups in total. The summed E-state index contributed by atoms with van der Waals surface area (Å²) in [6.07, 6.45) is 5.08. The van der Waals surface area contributed by atoms with Crippen molar-refractivity contribution in [1.29, 1.82) is 0 Å². The molecule has 3 nitrogen and oxygen atoms in total. The first-order chi connectivity index (χ1) is 6.41. The van der Waals surface area contributed by atoms with E-state index in [-0.39, 0.29) is 0 Å². The van der Waals surface area contributed by atoms with Crippen LogP contribution >= 0.6 is 0 Å². The Morgan fingerprint density at radius 1 is 0.923 bits per heavy atom. The maximum absolute atomic E-state index is 4.03. The monoisotopic (exact) mass is 185 g/mol. The van der Waals surface area contributed by atoms with E-state index < -0.39 is 0 Å². The van der Waals surface area contributed by atoms with Gasteiger partial charge in [-0.3, -0.25) is 0 Å². The lowest BCUT2D eigenvalue weighted by Gasteiger charge is -2.00. The Hall–Kier alpha value is -0.440. The zero-order chi connectivity index (χ0) is 9.78. The summed E-state index contributed by atoms with van der Waals surface area (Å²) in [6, 6.07) is 0. The van der Waals surface area contributed by atoms with Crippen LogP contribution in [0.5, 0.6) is 0 Å². The summed E-state index contributed by atoms with van der Waals surface area (Å²) in [5, 5.41) is 11.3. The van der Waals surface area contributed by atoms with Crippen molar-refractivity contribution in [2.75, 3.05) is 26.2 Å². The molecule has 0 fully saturated rings. The topological polar surface area (TPSA) is 36.8 Å². The molecule has 0 aromatic rings. The lowest BCUT2D eigenvalue weighted by molar-refractivity contribution is 0.597. The average Bonchev–Trinajstić information content (AvgIpc) is 2.16. The van der Waals surface area contributed by atoms with Crippen molar-refractivity contribution in [3.05, 3.63) is 0 Å². The van der Waals surface area contributed by atoms with Crippen molar-refractivity contribution in [1.82, 2.24) is 5.32 Å². The second kappa shape index (κ2) is 11.6. The number of azo groups is 1. The van der Waals surface area contributed by atoms with Gasteiger partial charge in [0.15, 0.2) is 0 Å². The highest BCUT2D eigenvalue weighted by Gasteiger charge is 1.88. The van der Waals surface area contributed by atoms with E-state index in [1.54, 1.807) is 0 Å². The van der Waals surface area contributed by atoms with Crippen LogP contribution in [-0.4, -0.2) is 26.2 Å². The van der Waals surface area contributed by atoms with Crippen molar-refractivity contribution < 1.29 is 0 Å². The van der Waals surface area contributed by atoms with Crippen LogP contribution in [0.25, 0.3) is 0 Å². The Bertz CT molecular complexity index is 113. The molecule has 0 radical (unpaired) electrons. The predicted octanol–water partition coefficient (Wildman–Crippen LogP) is 2.63. The van der Waals surface area contributed by atoms with E-state index in [9.17, 15) is 0 Å². The molecule has 0 spiro atoms. The van der Waals surface area contributed by atoms with Gasteiger partial charge in [-0.25, -0.2) is 0 Å². The molecule has 0 saturated heterocycles. The van der Waals surface area contributed by atoms with Gasteiger partial charge in [0.2, 0.25) is 0 Å². The van der Waals surface area contributed by atoms with Gasteiger partial charge in [0.25, 0.3) is 0 Å². The standard InChI is InChI=1S/C10H23N3/c1-3-11-9-7-5-6-8-10-13-12-4-2/h11H,3-10H2,1-2H3. The molecular weight excluding hydrogens is 162 g/mol. The average molecular weight is 185 g/mol. The van der Waals surface area contributed by atoms with Gasteiger partial charge in [-0.05, 0) is 32.9 Å². The number of hydrogen-bond acceptors (Lipinski definition) is 3. The molecule has 13 heavy (non-hydrogen) atoms. The first kappa shape index (κ1) is 12.6. The van der Waals surface area contributed by atoms with E-state index >= 15 is 0 Å². The van der Waals surface area contributed by atoms with Gasteiger partial charge in [0.05, 0.1) is 13.1 Å². The van der Waals surface area contributed by atoms with E-state index in [1.165, 1.54) is 25.7 Å². The number of nitrogens with one attached hydrogen (secondary N) is 1. The van der Waals surface area contributed by atoms with Crippen molar-refractivity contribution in [3.63, 3.8) is 0 Å². The summed E-state index contributed by atoms with van der Waals surface area (Å²) in [7, 11) is 0. The zero-order valence-corrected chi connectivity index (χ0v) is 9.05. The molecule has 0 saturated carbocycles. The maximum atomic E-state index is 4.03. The SMILES string of the molecule is CCN=NCCCCCCNCC. The molecule has 0 aliphatic rings. The lowest BCUT2D eigenvalue weighted by Crippen LogP contribution is -2.13. The molecule has 0 aromatic heterocycles. The molecule has 0 heterocycles. The highest BCUT2D eigenvalue weighted by Crippen LogP contribution is 1.99. The van der Waals surface area contributed by atoms with Crippen molar-refractivity contribution in [3.8, 4) is 0 Å². The molecule has 0 aliphatic carbocycles. The van der Waals surface area contributed by atoms with Gasteiger partial charge in [-0.2, -0.15) is 10.2 Å². The third-order valence-corrected chi connectivity index (χ3v) is 1.85. The smallest absolute Gasteiger partial charge is 0.0598 e. The van der Waals surface area contributed by atoms with Crippen LogP contribution in [0, 0.1) is 0 Å². The highest BCUT2D eigenvalue weighted by molar-refractivity contribution is 4.48. The Morgan fingerprint density at radius 3 is 2.38 bits per heavy atom. The van der Waals surface area contributed by atoms with Gasteiger partial charge in [0, 0.05) is 0 Å². The van der Waals surface area contributed by atoms with Crippen LogP contribution in [0.1, 0.15) is 39.5 Å². The van der Waals surface area contributed by atoms with E-state index in [0.29, 0.717) is 0 Å². The summed E-state index contributed by atoms with van der Waals surface area (Å²) >= 11 is 0. The van der Waals surface area contributed by atoms with Crippen molar-refractivity contribution in [2.24, 2.45) is 10.2 Å². The van der Waals surface area contributed by atoms with Crippen molar-refractivity contribution in [2.45, 2.75) is 39.5 Å². The minimum Gasteiger partial charge on any atom is -0.317 e. The predicted molar refractivity (Wildman–Crippen MR) is 57.3 cm³/mol. The quantitative estimate of drug-likeness (QED) is 0.435. The highest BCUT2D eigenvalue weighted by atomic mass is 15.1. The van der Waals surface area contributed by atoms with Gasteiger partial charge in [-0.15, -0.1) is 0 Å². The van der Waals surface area contributed by atoms with E-state index in [4.69, 9.17) is 0 Å². The summed E-state index contributed by atoms with van der Waals surface area (Å²) < 4.78 is 0. The van der Waals surface area contributed by atoms with Crippen LogP contribution in [0.2, 0.25) is 0 Å². The number of unbranched alkanes of at least 4 members (excludes halogenated alkanes) is 3. The van der Waals surface area contributed by atoms with Crippen LogP contribution in [0.15, 0.2) is 10.2 Å². The summed E-state index contributed by atoms with van der Waals surface area (Å²) in [6.45, 7) is 8.14. The number of nitrogens with zero attached hydrogens (tertiary/aromatic N) is 2. The molecule has 0 atom stereocenters. The lowest BCUT2D eigenvalue weighted by atomic mass is 10.2. The van der Waals surface area contributed by atoms with Crippen LogP contribution in [0.4, 0.5) is 0 Å². The molecular formula is C10H23N3. The molecule has 3 heteroatoms. The molecule has 0 amide bonds. The van der Waals surface area contributed by atoms with Gasteiger partial charge in [0.1, 0.15) is 0 Å². The maximum Gasteiger partial charge on any atom is 0.0598 e. The first-order valence-corrected chi connectivity index (χ1v) is 5.45. The zero-order valence-electron chi connectivity index (χ0n) is 9.05. The summed E-state index contributed by atoms with van der Waals surface area (Å²) in [4.78, 5) is 0. The Balaban J connectivity index is 2.87. The molecule has 0 bridgehead atoms. The third-order valence-electron chi connectivity index (χ3n) is 1.85. The number of rotatable bonds is 9. The molecule has 0 aromatic carbocycles. The fourth-order valence-corrected chi connectivity index (χ4v) is 1.13. The second-order valence-electron chi connectivity index (χ2n) is 3.09. The third kappa shape index (κ3) is 11.6. The Morgan fingerprint density at radius 2 is 1.69 bits per heavy atom. The van der Waals surface area contributed by atoms with Crippen LogP contribution in [0.3, 0.4) is 0 Å². The van der Waals surface area contributed by atoms with E-state index in [1.807, 2.05) is 6.92 Å². The van der Waals surface area contributed by atoms with Gasteiger partial charge >= 0.3 is 0 Å². The van der Waals surface area contributed by atoms with Crippen LogP contribution in [-0.2, 0) is 0 Å². The largest absolute Gasteiger partial charge is 0.317 e. The van der Waals surface area contributed by atoms with Gasteiger partial charge in [-0.1, -0.05) is 19.8 Å². The van der Waals surface area contributed by atoms with Crippen molar-refractivity contribution >= 4 is 0 Å². The Labute approximate surface area is 82.0 Å². The molecule has 0 unspecified atom stereocenters. The van der Waals surface area contributed by atoms with Gasteiger partial charge < -0.3 is 5.32 Å². The molecule has 0 rings (SSSR count). The first-order valence-electron chi connectivity index (χ1n) is 5.45. The fourth-order valence-electron chi connectivity index (χ4n) is 1.13. The minimum atomic E-state index is 0.820. The molecule has 78 valence electrons. The normalized spacial score (nSPS) is 11.2.